The molecule has 5 rings (SSSR count). The molecule has 3 aliphatic rings. The summed E-state index contributed by atoms with van der Waals surface area (Å²) in [5.41, 5.74) is 3.70. The fourth-order valence-electron chi connectivity index (χ4n) is 5.54. The normalized spacial score (nSPS) is 26.0. The monoisotopic (exact) mass is 423 g/mol. The molecule has 1 aromatic carbocycles. The van der Waals surface area contributed by atoms with E-state index in [0.717, 1.165) is 51.5 Å². The van der Waals surface area contributed by atoms with Crippen LogP contribution >= 0.6 is 0 Å². The van der Waals surface area contributed by atoms with E-state index in [2.05, 4.69) is 46.2 Å². The van der Waals surface area contributed by atoms with Crippen LogP contribution in [-0.2, 0) is 11.3 Å². The van der Waals surface area contributed by atoms with Gasteiger partial charge in [-0.2, -0.15) is 9.78 Å². The molecular formula is C24H33N5O2. The predicted molar refractivity (Wildman–Crippen MR) is 120 cm³/mol. The average Bonchev–Trinajstić information content (AvgIpc) is 3.49. The minimum Gasteiger partial charge on any atom is -0.378 e. The summed E-state index contributed by atoms with van der Waals surface area (Å²) in [6.45, 7) is 8.22. The van der Waals surface area contributed by atoms with Crippen molar-refractivity contribution in [3.8, 4) is 0 Å². The van der Waals surface area contributed by atoms with Crippen LogP contribution in [0.4, 0.5) is 10.5 Å². The van der Waals surface area contributed by atoms with E-state index >= 15 is 0 Å². The van der Waals surface area contributed by atoms with Gasteiger partial charge in [0.25, 0.3) is 0 Å². The lowest BCUT2D eigenvalue weighted by Gasteiger charge is -2.30. The van der Waals surface area contributed by atoms with Crippen molar-refractivity contribution in [1.82, 2.24) is 19.6 Å². The molecule has 1 unspecified atom stereocenters. The molecule has 3 heterocycles. The first-order chi connectivity index (χ1) is 15.1. The molecule has 0 N–H and O–H groups in total. The number of carbonyl (C=O) groups is 1. The summed E-state index contributed by atoms with van der Waals surface area (Å²) in [7, 11) is 2.25. The Morgan fingerprint density at radius 3 is 2.61 bits per heavy atom. The number of fused-ring (bicyclic) bond motifs is 1. The van der Waals surface area contributed by atoms with Crippen LogP contribution in [0.3, 0.4) is 0 Å². The van der Waals surface area contributed by atoms with Gasteiger partial charge < -0.3 is 14.5 Å². The zero-order valence-corrected chi connectivity index (χ0v) is 18.6. The fourth-order valence-corrected chi connectivity index (χ4v) is 5.54. The molecule has 7 nitrogen and oxygen atoms in total. The number of benzene rings is 1. The lowest BCUT2D eigenvalue weighted by molar-refractivity contribution is 0.122. The van der Waals surface area contributed by atoms with Crippen molar-refractivity contribution in [2.75, 3.05) is 51.3 Å². The minimum atomic E-state index is 0.0207. The maximum absolute atomic E-state index is 12.7. The third kappa shape index (κ3) is 4.34. The van der Waals surface area contributed by atoms with Crippen molar-refractivity contribution in [1.29, 1.82) is 0 Å². The number of ether oxygens (including phenoxy) is 1. The molecule has 0 bridgehead atoms. The topological polar surface area (TPSA) is 53.8 Å². The van der Waals surface area contributed by atoms with Crippen molar-refractivity contribution < 1.29 is 9.53 Å². The van der Waals surface area contributed by atoms with Crippen molar-refractivity contribution in [2.24, 2.45) is 11.8 Å². The average molecular weight is 424 g/mol. The Morgan fingerprint density at radius 2 is 1.94 bits per heavy atom. The first kappa shape index (κ1) is 20.5. The molecule has 1 amide bonds. The first-order valence-corrected chi connectivity index (χ1v) is 11.5. The number of nitrogens with zero attached hydrogens (tertiary/aromatic N) is 5. The summed E-state index contributed by atoms with van der Waals surface area (Å²) in [4.78, 5) is 19.6. The van der Waals surface area contributed by atoms with Gasteiger partial charge in [0.1, 0.15) is 0 Å². The number of aromatic nitrogens is 2. The molecule has 1 aromatic heterocycles. The van der Waals surface area contributed by atoms with Gasteiger partial charge >= 0.3 is 6.03 Å². The van der Waals surface area contributed by atoms with Crippen LogP contribution in [0.15, 0.2) is 36.7 Å². The summed E-state index contributed by atoms with van der Waals surface area (Å²) in [6.07, 6.45) is 5.91. The molecule has 1 aliphatic carbocycles. The number of likely N-dealkylation sites (tertiary alicyclic amines) is 1. The first-order valence-electron chi connectivity index (χ1n) is 11.5. The molecule has 1 saturated carbocycles. The van der Waals surface area contributed by atoms with Crippen LogP contribution in [0.2, 0.25) is 0 Å². The van der Waals surface area contributed by atoms with Crippen molar-refractivity contribution in [3.63, 3.8) is 0 Å². The van der Waals surface area contributed by atoms with E-state index in [-0.39, 0.29) is 6.03 Å². The van der Waals surface area contributed by atoms with E-state index in [1.54, 1.807) is 6.20 Å². The van der Waals surface area contributed by atoms with Crippen molar-refractivity contribution in [3.05, 3.63) is 47.8 Å². The molecule has 0 spiro atoms. The third-order valence-corrected chi connectivity index (χ3v) is 7.25. The van der Waals surface area contributed by atoms with Crippen LogP contribution in [-0.4, -0.2) is 78.1 Å². The SMILES string of the molecule is Cc1cnn(C(=O)N2C[C@H]3CC(N(C)Cc4cccc(N5CCOCC5)c4)C[C@H]3C2)c1. The zero-order valence-electron chi connectivity index (χ0n) is 18.6. The number of amides is 1. The van der Waals surface area contributed by atoms with Crippen LogP contribution in [0.25, 0.3) is 0 Å². The maximum Gasteiger partial charge on any atom is 0.344 e. The Bertz CT molecular complexity index is 908. The van der Waals surface area contributed by atoms with Crippen molar-refractivity contribution in [2.45, 2.75) is 32.4 Å². The molecule has 2 aromatic rings. The van der Waals surface area contributed by atoms with E-state index in [1.165, 1.54) is 28.8 Å². The fraction of sp³-hybridized carbons (Fsp3) is 0.583. The van der Waals surface area contributed by atoms with Gasteiger partial charge in [-0.3, -0.25) is 4.90 Å². The largest absolute Gasteiger partial charge is 0.378 e. The maximum atomic E-state index is 12.7. The molecule has 2 saturated heterocycles. The molecule has 31 heavy (non-hydrogen) atoms. The lowest BCUT2D eigenvalue weighted by atomic mass is 10.0. The molecule has 3 fully saturated rings. The van der Waals surface area contributed by atoms with Gasteiger partial charge in [0.05, 0.1) is 19.4 Å². The van der Waals surface area contributed by atoms with Gasteiger partial charge in [-0.1, -0.05) is 12.1 Å². The number of aryl methyl sites for hydroxylation is 1. The number of hydrogen-bond acceptors (Lipinski definition) is 5. The second kappa shape index (κ2) is 8.63. The van der Waals surface area contributed by atoms with Crippen LogP contribution < -0.4 is 4.90 Å². The van der Waals surface area contributed by atoms with Gasteiger partial charge in [-0.25, -0.2) is 4.79 Å². The van der Waals surface area contributed by atoms with Gasteiger partial charge in [-0.05, 0) is 61.9 Å². The van der Waals surface area contributed by atoms with E-state index in [9.17, 15) is 4.79 Å². The molecule has 0 radical (unpaired) electrons. The quantitative estimate of drug-likeness (QED) is 0.757. The predicted octanol–water partition coefficient (Wildman–Crippen LogP) is 2.84. The van der Waals surface area contributed by atoms with Gasteiger partial charge in [0.2, 0.25) is 0 Å². The van der Waals surface area contributed by atoms with Gasteiger partial charge in [-0.15, -0.1) is 0 Å². The molecule has 3 atom stereocenters. The summed E-state index contributed by atoms with van der Waals surface area (Å²) < 4.78 is 6.98. The molecule has 2 aliphatic heterocycles. The highest BCUT2D eigenvalue weighted by Crippen LogP contribution is 2.40. The van der Waals surface area contributed by atoms with Crippen molar-refractivity contribution >= 4 is 11.7 Å². The van der Waals surface area contributed by atoms with Gasteiger partial charge in [0, 0.05) is 50.6 Å². The van der Waals surface area contributed by atoms with E-state index in [4.69, 9.17) is 4.74 Å². The number of hydrogen-bond donors (Lipinski definition) is 0. The number of anilines is 1. The van der Waals surface area contributed by atoms with E-state index < -0.39 is 0 Å². The number of carbonyl (C=O) groups excluding carboxylic acids is 1. The number of morpholine rings is 1. The summed E-state index contributed by atoms with van der Waals surface area (Å²) >= 11 is 0. The Morgan fingerprint density at radius 1 is 1.19 bits per heavy atom. The van der Waals surface area contributed by atoms with Crippen LogP contribution in [0.1, 0.15) is 24.0 Å². The Kier molecular flexibility index (Phi) is 5.71. The Labute approximate surface area is 184 Å². The van der Waals surface area contributed by atoms with Crippen LogP contribution in [0.5, 0.6) is 0 Å². The summed E-state index contributed by atoms with van der Waals surface area (Å²) in [5.74, 6) is 1.21. The minimum absolute atomic E-state index is 0.0207. The Hall–Kier alpha value is -2.38. The zero-order chi connectivity index (χ0) is 21.4. The Balaban J connectivity index is 1.16. The third-order valence-electron chi connectivity index (χ3n) is 7.25. The second-order valence-electron chi connectivity index (χ2n) is 9.48. The van der Waals surface area contributed by atoms with Crippen LogP contribution in [0, 0.1) is 18.8 Å². The lowest BCUT2D eigenvalue weighted by Crippen LogP contribution is -2.36. The highest BCUT2D eigenvalue weighted by atomic mass is 16.5. The van der Waals surface area contributed by atoms with Gasteiger partial charge in [0.15, 0.2) is 0 Å². The number of rotatable bonds is 4. The summed E-state index contributed by atoms with van der Waals surface area (Å²) in [6, 6.07) is 9.57. The molecule has 166 valence electrons. The van der Waals surface area contributed by atoms with E-state index in [1.807, 2.05) is 18.0 Å². The smallest absolute Gasteiger partial charge is 0.344 e. The molecular weight excluding hydrogens is 390 g/mol. The highest BCUT2D eigenvalue weighted by molar-refractivity contribution is 5.76. The molecule has 7 heteroatoms. The highest BCUT2D eigenvalue weighted by Gasteiger charge is 2.43. The second-order valence-corrected chi connectivity index (χ2v) is 9.48. The summed E-state index contributed by atoms with van der Waals surface area (Å²) in [5, 5.41) is 4.19. The van der Waals surface area contributed by atoms with E-state index in [0.29, 0.717) is 17.9 Å². The standard InChI is InChI=1S/C24H33N5O2/c1-18-13-25-29(14-18)24(30)28-16-20-11-23(12-21(20)17-28)26(2)15-19-4-3-5-22(10-19)27-6-8-31-9-7-27/h3-5,10,13-14,20-21,23H,6-9,11-12,15-17H2,1-2H3/t20-,21+,23?.